The fraction of sp³-hybridized carbons (Fsp3) is 0.591. The van der Waals surface area contributed by atoms with Crippen LogP contribution in [-0.2, 0) is 11.2 Å². The van der Waals surface area contributed by atoms with E-state index in [1.54, 1.807) is 4.90 Å². The molecule has 25 heavy (non-hydrogen) atoms. The zero-order chi connectivity index (χ0) is 18.3. The van der Waals surface area contributed by atoms with Gasteiger partial charge in [0.1, 0.15) is 5.60 Å². The van der Waals surface area contributed by atoms with Gasteiger partial charge >= 0.3 is 6.09 Å². The van der Waals surface area contributed by atoms with Crippen LogP contribution in [-0.4, -0.2) is 17.7 Å². The van der Waals surface area contributed by atoms with Gasteiger partial charge in [0.05, 0.1) is 11.7 Å². The second kappa shape index (κ2) is 8.94. The van der Waals surface area contributed by atoms with Gasteiger partial charge in [0.15, 0.2) is 0 Å². The average molecular weight is 341 g/mol. The van der Waals surface area contributed by atoms with Crippen LogP contribution in [0.15, 0.2) is 24.3 Å². The van der Waals surface area contributed by atoms with Crippen LogP contribution in [0.4, 0.5) is 10.5 Å². The summed E-state index contributed by atoms with van der Waals surface area (Å²) in [5.74, 6) is 6.56. The highest BCUT2D eigenvalue weighted by molar-refractivity contribution is 5.91. The van der Waals surface area contributed by atoms with Crippen molar-refractivity contribution in [2.75, 3.05) is 4.90 Å². The lowest BCUT2D eigenvalue weighted by Gasteiger charge is -2.28. The van der Waals surface area contributed by atoms with Crippen molar-refractivity contribution in [3.63, 3.8) is 0 Å². The predicted molar refractivity (Wildman–Crippen MR) is 104 cm³/mol. The average Bonchev–Trinajstić information content (AvgIpc) is 2.90. The van der Waals surface area contributed by atoms with Crippen molar-refractivity contribution in [1.29, 1.82) is 0 Å². The van der Waals surface area contributed by atoms with Crippen LogP contribution in [0.1, 0.15) is 71.8 Å². The molecule has 0 aromatic heterocycles. The predicted octanol–water partition coefficient (Wildman–Crippen LogP) is 5.72. The maximum Gasteiger partial charge on any atom is 0.415 e. The highest BCUT2D eigenvalue weighted by Gasteiger charge is 2.35. The van der Waals surface area contributed by atoms with E-state index in [4.69, 9.17) is 4.74 Å². The van der Waals surface area contributed by atoms with Crippen LogP contribution in [0.2, 0.25) is 0 Å². The first kappa shape index (κ1) is 19.4. The maximum absolute atomic E-state index is 12.7. The molecule has 136 valence electrons. The van der Waals surface area contributed by atoms with Crippen molar-refractivity contribution in [2.45, 2.75) is 84.3 Å². The third-order valence-electron chi connectivity index (χ3n) is 4.28. The molecule has 1 aromatic rings. The number of amides is 1. The van der Waals surface area contributed by atoms with Crippen LogP contribution in [0.5, 0.6) is 0 Å². The number of hydrogen-bond acceptors (Lipinski definition) is 2. The van der Waals surface area contributed by atoms with E-state index in [-0.39, 0.29) is 12.1 Å². The molecule has 1 atom stereocenters. The molecule has 1 aliphatic heterocycles. The van der Waals surface area contributed by atoms with Crippen LogP contribution in [0, 0.1) is 11.8 Å². The zero-order valence-corrected chi connectivity index (χ0v) is 16.1. The Morgan fingerprint density at radius 3 is 2.68 bits per heavy atom. The Kier molecular flexibility index (Phi) is 6.93. The fourth-order valence-corrected chi connectivity index (χ4v) is 3.10. The number of rotatable bonds is 5. The minimum Gasteiger partial charge on any atom is -0.443 e. The second-order valence-electron chi connectivity index (χ2n) is 7.71. The third kappa shape index (κ3) is 5.81. The molecule has 3 heteroatoms. The molecular formula is C22H31NO2. The van der Waals surface area contributed by atoms with E-state index in [0.717, 1.165) is 18.5 Å². The van der Waals surface area contributed by atoms with Crippen LogP contribution < -0.4 is 4.90 Å². The van der Waals surface area contributed by atoms with Crippen LogP contribution >= 0.6 is 0 Å². The van der Waals surface area contributed by atoms with E-state index in [2.05, 4.69) is 24.8 Å². The summed E-state index contributed by atoms with van der Waals surface area (Å²) in [6.07, 6.45) is 7.18. The van der Waals surface area contributed by atoms with Gasteiger partial charge in [0, 0.05) is 12.8 Å². The van der Waals surface area contributed by atoms with Crippen molar-refractivity contribution in [3.05, 3.63) is 29.8 Å². The fourth-order valence-electron chi connectivity index (χ4n) is 3.10. The molecule has 1 aromatic carbocycles. The molecule has 1 heterocycles. The lowest BCUT2D eigenvalue weighted by molar-refractivity contribution is 0.0570. The van der Waals surface area contributed by atoms with Gasteiger partial charge in [-0.15, -0.1) is 11.8 Å². The molecule has 0 bridgehead atoms. The van der Waals surface area contributed by atoms with Crippen molar-refractivity contribution in [1.82, 2.24) is 0 Å². The van der Waals surface area contributed by atoms with Gasteiger partial charge in [0.25, 0.3) is 0 Å². The standard InChI is InChI=1S/C22H31NO2/c1-5-6-7-8-9-10-11-15-19-17-18-14-12-13-16-20(18)23(19)21(24)25-22(2,3)4/h12-14,16,19H,5-9,15,17H2,1-4H3. The van der Waals surface area contributed by atoms with Gasteiger partial charge in [-0.3, -0.25) is 4.90 Å². The van der Waals surface area contributed by atoms with Gasteiger partial charge in [0.2, 0.25) is 0 Å². The van der Waals surface area contributed by atoms with E-state index >= 15 is 0 Å². The number of unbranched alkanes of at least 4 members (excludes halogenated alkanes) is 4. The summed E-state index contributed by atoms with van der Waals surface area (Å²) in [4.78, 5) is 14.5. The molecule has 1 aliphatic rings. The summed E-state index contributed by atoms with van der Waals surface area (Å²) < 4.78 is 5.62. The molecule has 3 nitrogen and oxygen atoms in total. The Bertz CT molecular complexity index is 633. The lowest BCUT2D eigenvalue weighted by atomic mass is 10.1. The number of nitrogens with zero attached hydrogens (tertiary/aromatic N) is 1. The molecule has 0 aliphatic carbocycles. The monoisotopic (exact) mass is 341 g/mol. The minimum atomic E-state index is -0.496. The van der Waals surface area contributed by atoms with E-state index in [0.29, 0.717) is 6.42 Å². The van der Waals surface area contributed by atoms with Crippen LogP contribution in [0.25, 0.3) is 0 Å². The van der Waals surface area contributed by atoms with Gasteiger partial charge in [-0.1, -0.05) is 44.4 Å². The molecule has 1 unspecified atom stereocenters. The van der Waals surface area contributed by atoms with Gasteiger partial charge in [-0.2, -0.15) is 0 Å². The molecule has 0 spiro atoms. The summed E-state index contributed by atoms with van der Waals surface area (Å²) in [7, 11) is 0. The molecule has 1 amide bonds. The molecule has 0 saturated carbocycles. The van der Waals surface area contributed by atoms with Gasteiger partial charge in [-0.25, -0.2) is 4.79 Å². The number of carbonyl (C=O) groups is 1. The minimum absolute atomic E-state index is 0.0652. The number of hydrogen-bond donors (Lipinski definition) is 0. The SMILES string of the molecule is CCCCCCC#CCC1Cc2ccccc2N1C(=O)OC(C)(C)C. The highest BCUT2D eigenvalue weighted by Crippen LogP contribution is 2.34. The topological polar surface area (TPSA) is 29.5 Å². The van der Waals surface area contributed by atoms with E-state index in [1.807, 2.05) is 39.0 Å². The summed E-state index contributed by atoms with van der Waals surface area (Å²) in [5, 5.41) is 0. The summed E-state index contributed by atoms with van der Waals surface area (Å²) in [5.41, 5.74) is 1.67. The van der Waals surface area contributed by atoms with Gasteiger partial charge < -0.3 is 4.74 Å². The highest BCUT2D eigenvalue weighted by atomic mass is 16.6. The Hall–Kier alpha value is -1.95. The molecule has 0 saturated heterocycles. The Morgan fingerprint density at radius 1 is 1.20 bits per heavy atom. The van der Waals surface area contributed by atoms with Crippen LogP contribution in [0.3, 0.4) is 0 Å². The number of anilines is 1. The summed E-state index contributed by atoms with van der Waals surface area (Å²) in [6.45, 7) is 7.92. The molecule has 2 rings (SSSR count). The Labute approximate surface area is 152 Å². The largest absolute Gasteiger partial charge is 0.443 e. The summed E-state index contributed by atoms with van der Waals surface area (Å²) in [6, 6.07) is 8.14. The first-order valence-electron chi connectivity index (χ1n) is 9.48. The number of carbonyl (C=O) groups excluding carboxylic acids is 1. The lowest BCUT2D eigenvalue weighted by Crippen LogP contribution is -2.41. The van der Waals surface area contributed by atoms with E-state index in [1.165, 1.54) is 31.2 Å². The molecule has 0 radical (unpaired) electrons. The van der Waals surface area contributed by atoms with Crippen molar-refractivity contribution in [2.24, 2.45) is 0 Å². The maximum atomic E-state index is 12.7. The number of fused-ring (bicyclic) bond motifs is 1. The van der Waals surface area contributed by atoms with E-state index in [9.17, 15) is 4.79 Å². The molecule has 0 N–H and O–H groups in total. The number of para-hydroxylation sites is 1. The molecular weight excluding hydrogens is 310 g/mol. The van der Waals surface area contributed by atoms with Gasteiger partial charge in [-0.05, 0) is 45.2 Å². The third-order valence-corrected chi connectivity index (χ3v) is 4.28. The first-order chi connectivity index (χ1) is 11.9. The number of ether oxygens (including phenoxy) is 1. The Balaban J connectivity index is 2.02. The smallest absolute Gasteiger partial charge is 0.415 e. The Morgan fingerprint density at radius 2 is 1.96 bits per heavy atom. The quantitative estimate of drug-likeness (QED) is 0.506. The molecule has 0 fully saturated rings. The van der Waals surface area contributed by atoms with E-state index < -0.39 is 5.60 Å². The van der Waals surface area contributed by atoms with Crippen molar-refractivity contribution in [3.8, 4) is 11.8 Å². The van der Waals surface area contributed by atoms with Crippen molar-refractivity contribution < 1.29 is 9.53 Å². The normalized spacial score (nSPS) is 16.2. The first-order valence-corrected chi connectivity index (χ1v) is 9.48. The van der Waals surface area contributed by atoms with Crippen molar-refractivity contribution >= 4 is 11.8 Å². The number of benzene rings is 1. The zero-order valence-electron chi connectivity index (χ0n) is 16.1. The summed E-state index contributed by atoms with van der Waals surface area (Å²) >= 11 is 0. The second-order valence-corrected chi connectivity index (χ2v) is 7.71.